The summed E-state index contributed by atoms with van der Waals surface area (Å²) in [7, 11) is 0. The molecule has 6 heteroatoms. The van der Waals surface area contributed by atoms with Gasteiger partial charge >= 0.3 is 6.01 Å². The van der Waals surface area contributed by atoms with E-state index in [1.54, 1.807) is 11.8 Å². The van der Waals surface area contributed by atoms with Crippen LogP contribution in [-0.2, 0) is 4.79 Å². The number of nitrogens with zero attached hydrogens (tertiary/aromatic N) is 2. The van der Waals surface area contributed by atoms with Crippen LogP contribution in [0.25, 0.3) is 11.5 Å². The summed E-state index contributed by atoms with van der Waals surface area (Å²) < 4.78 is 5.51. The Balaban J connectivity index is 1.43. The molecule has 0 atom stereocenters. The van der Waals surface area contributed by atoms with Gasteiger partial charge in [0.05, 0.1) is 0 Å². The summed E-state index contributed by atoms with van der Waals surface area (Å²) >= 11 is 1.75. The molecule has 1 N–H and O–H groups in total. The Bertz CT molecular complexity index is 858. The maximum absolute atomic E-state index is 12.0. The van der Waals surface area contributed by atoms with Gasteiger partial charge in [-0.05, 0) is 50.3 Å². The van der Waals surface area contributed by atoms with Crippen LogP contribution < -0.4 is 5.32 Å². The van der Waals surface area contributed by atoms with Crippen molar-refractivity contribution in [2.24, 2.45) is 0 Å². The number of rotatable bonds is 7. The predicted molar refractivity (Wildman–Crippen MR) is 104 cm³/mol. The first-order chi connectivity index (χ1) is 12.6. The van der Waals surface area contributed by atoms with Crippen LogP contribution in [0.3, 0.4) is 0 Å². The third-order valence-electron chi connectivity index (χ3n) is 3.81. The molecule has 134 valence electrons. The van der Waals surface area contributed by atoms with Crippen molar-refractivity contribution < 1.29 is 9.21 Å². The maximum Gasteiger partial charge on any atom is 0.322 e. The topological polar surface area (TPSA) is 68.0 Å². The Morgan fingerprint density at radius 2 is 1.65 bits per heavy atom. The number of aromatic nitrogens is 2. The van der Waals surface area contributed by atoms with Crippen molar-refractivity contribution in [1.29, 1.82) is 0 Å². The summed E-state index contributed by atoms with van der Waals surface area (Å²) in [4.78, 5) is 13.2. The number of thioether (sulfide) groups is 1. The number of amides is 1. The molecular weight excluding hydrogens is 346 g/mol. The van der Waals surface area contributed by atoms with Crippen LogP contribution in [0.2, 0.25) is 0 Å². The van der Waals surface area contributed by atoms with Crippen LogP contribution in [0.4, 0.5) is 6.01 Å². The Morgan fingerprint density at radius 1 is 1.00 bits per heavy atom. The van der Waals surface area contributed by atoms with E-state index < -0.39 is 0 Å². The summed E-state index contributed by atoms with van der Waals surface area (Å²) in [6.07, 6.45) is 1.20. The van der Waals surface area contributed by atoms with E-state index in [2.05, 4.69) is 46.7 Å². The number of anilines is 1. The monoisotopic (exact) mass is 367 g/mol. The standard InChI is InChI=1S/C20H21N3O2S/c1-14-5-9-16(10-6-14)19-22-23-20(25-19)21-18(24)4-3-13-26-17-11-7-15(2)8-12-17/h5-12H,3-4,13H2,1-2H3,(H,21,23,24). The lowest BCUT2D eigenvalue weighted by molar-refractivity contribution is -0.116. The Kier molecular flexibility index (Phi) is 6.07. The van der Waals surface area contributed by atoms with Crippen LogP contribution in [0.1, 0.15) is 24.0 Å². The molecule has 0 radical (unpaired) electrons. The number of benzene rings is 2. The minimum absolute atomic E-state index is 0.117. The van der Waals surface area contributed by atoms with Gasteiger partial charge in [-0.3, -0.25) is 10.1 Å². The minimum Gasteiger partial charge on any atom is -0.403 e. The third-order valence-corrected chi connectivity index (χ3v) is 4.91. The second kappa shape index (κ2) is 8.67. The first-order valence-electron chi connectivity index (χ1n) is 8.50. The van der Waals surface area contributed by atoms with Gasteiger partial charge in [-0.2, -0.15) is 0 Å². The Morgan fingerprint density at radius 3 is 2.35 bits per heavy atom. The lowest BCUT2D eigenvalue weighted by atomic mass is 10.1. The number of carbonyl (C=O) groups is 1. The number of hydrogen-bond acceptors (Lipinski definition) is 5. The molecule has 0 fully saturated rings. The van der Waals surface area contributed by atoms with E-state index in [0.29, 0.717) is 12.3 Å². The predicted octanol–water partition coefficient (Wildman–Crippen LogP) is 4.86. The van der Waals surface area contributed by atoms with Crippen molar-refractivity contribution >= 4 is 23.7 Å². The molecule has 0 saturated heterocycles. The van der Waals surface area contributed by atoms with E-state index in [0.717, 1.165) is 23.3 Å². The Labute approximate surface area is 157 Å². The summed E-state index contributed by atoms with van der Waals surface area (Å²) in [5.41, 5.74) is 3.24. The summed E-state index contributed by atoms with van der Waals surface area (Å²) in [6.45, 7) is 4.08. The normalized spacial score (nSPS) is 10.7. The fourth-order valence-electron chi connectivity index (χ4n) is 2.33. The third kappa shape index (κ3) is 5.20. The van der Waals surface area contributed by atoms with Gasteiger partial charge < -0.3 is 4.42 Å². The van der Waals surface area contributed by atoms with E-state index in [-0.39, 0.29) is 11.9 Å². The molecule has 1 heterocycles. The zero-order valence-electron chi connectivity index (χ0n) is 14.9. The van der Waals surface area contributed by atoms with Crippen molar-refractivity contribution in [1.82, 2.24) is 10.2 Å². The summed E-state index contributed by atoms with van der Waals surface area (Å²) in [5, 5.41) is 10.5. The zero-order valence-corrected chi connectivity index (χ0v) is 15.7. The molecule has 5 nitrogen and oxygen atoms in total. The van der Waals surface area contributed by atoms with Gasteiger partial charge in [-0.1, -0.05) is 40.5 Å². The molecule has 0 spiro atoms. The largest absolute Gasteiger partial charge is 0.403 e. The van der Waals surface area contributed by atoms with E-state index in [4.69, 9.17) is 4.42 Å². The second-order valence-corrected chi connectivity index (χ2v) is 7.26. The maximum atomic E-state index is 12.0. The average Bonchev–Trinajstić information content (AvgIpc) is 3.09. The quantitative estimate of drug-likeness (QED) is 0.477. The van der Waals surface area contributed by atoms with Gasteiger partial charge in [0.1, 0.15) is 0 Å². The smallest absolute Gasteiger partial charge is 0.322 e. The molecule has 0 unspecified atom stereocenters. The van der Waals surface area contributed by atoms with Crippen molar-refractivity contribution in [3.8, 4) is 11.5 Å². The fraction of sp³-hybridized carbons (Fsp3) is 0.250. The zero-order chi connectivity index (χ0) is 18.4. The summed E-state index contributed by atoms with van der Waals surface area (Å²) in [6, 6.07) is 16.3. The molecule has 1 aromatic heterocycles. The fourth-order valence-corrected chi connectivity index (χ4v) is 3.18. The SMILES string of the molecule is Cc1ccc(SCCCC(=O)Nc2nnc(-c3ccc(C)cc3)o2)cc1. The molecule has 0 aliphatic carbocycles. The van der Waals surface area contributed by atoms with Gasteiger partial charge in [0, 0.05) is 16.9 Å². The molecule has 3 aromatic rings. The highest BCUT2D eigenvalue weighted by atomic mass is 32.2. The molecule has 0 aliphatic heterocycles. The highest BCUT2D eigenvalue weighted by Crippen LogP contribution is 2.21. The van der Waals surface area contributed by atoms with Crippen LogP contribution in [-0.4, -0.2) is 21.9 Å². The molecule has 26 heavy (non-hydrogen) atoms. The van der Waals surface area contributed by atoms with Crippen LogP contribution in [0, 0.1) is 13.8 Å². The first-order valence-corrected chi connectivity index (χ1v) is 9.48. The van der Waals surface area contributed by atoms with Crippen molar-refractivity contribution in [2.75, 3.05) is 11.1 Å². The number of carbonyl (C=O) groups excluding carboxylic acids is 1. The molecule has 1 amide bonds. The lowest BCUT2D eigenvalue weighted by Crippen LogP contribution is -2.11. The van der Waals surface area contributed by atoms with Crippen LogP contribution in [0.5, 0.6) is 0 Å². The number of hydrogen-bond donors (Lipinski definition) is 1. The second-order valence-electron chi connectivity index (χ2n) is 6.09. The molecule has 3 rings (SSSR count). The number of nitrogens with one attached hydrogen (secondary N) is 1. The Hall–Kier alpha value is -2.60. The molecule has 2 aromatic carbocycles. The summed E-state index contributed by atoms with van der Waals surface area (Å²) in [5.74, 6) is 1.17. The van der Waals surface area contributed by atoms with Crippen molar-refractivity contribution in [3.05, 3.63) is 59.7 Å². The van der Waals surface area contributed by atoms with Crippen molar-refractivity contribution in [3.63, 3.8) is 0 Å². The number of aryl methyl sites for hydroxylation is 2. The lowest BCUT2D eigenvalue weighted by Gasteiger charge is -2.02. The van der Waals surface area contributed by atoms with Gasteiger partial charge in [-0.15, -0.1) is 16.9 Å². The average molecular weight is 367 g/mol. The molecule has 0 aliphatic rings. The highest BCUT2D eigenvalue weighted by molar-refractivity contribution is 7.99. The van der Waals surface area contributed by atoms with Crippen LogP contribution >= 0.6 is 11.8 Å². The van der Waals surface area contributed by atoms with Gasteiger partial charge in [-0.25, -0.2) is 0 Å². The van der Waals surface area contributed by atoms with E-state index in [1.165, 1.54) is 10.5 Å². The first kappa shape index (κ1) is 18.2. The van der Waals surface area contributed by atoms with E-state index in [9.17, 15) is 4.79 Å². The van der Waals surface area contributed by atoms with Gasteiger partial charge in [0.2, 0.25) is 11.8 Å². The van der Waals surface area contributed by atoms with E-state index >= 15 is 0 Å². The molecular formula is C20H21N3O2S. The molecule has 0 bridgehead atoms. The van der Waals surface area contributed by atoms with Crippen molar-refractivity contribution in [2.45, 2.75) is 31.6 Å². The van der Waals surface area contributed by atoms with Gasteiger partial charge in [0.15, 0.2) is 0 Å². The van der Waals surface area contributed by atoms with E-state index in [1.807, 2.05) is 31.2 Å². The van der Waals surface area contributed by atoms with Gasteiger partial charge in [0.25, 0.3) is 0 Å². The molecule has 0 saturated carbocycles. The highest BCUT2D eigenvalue weighted by Gasteiger charge is 2.11. The van der Waals surface area contributed by atoms with Crippen LogP contribution in [0.15, 0.2) is 57.8 Å². The minimum atomic E-state index is -0.117.